The molecule has 0 aliphatic carbocycles. The van der Waals surface area contributed by atoms with Crippen LogP contribution in [-0.2, 0) is 17.8 Å². The van der Waals surface area contributed by atoms with Crippen LogP contribution in [0.25, 0.3) is 0 Å². The Hall–Kier alpha value is -0.970. The Morgan fingerprint density at radius 1 is 1.42 bits per heavy atom. The molecule has 2 rings (SSSR count). The third-order valence-electron chi connectivity index (χ3n) is 3.60. The van der Waals surface area contributed by atoms with Crippen molar-refractivity contribution in [1.29, 1.82) is 0 Å². The van der Waals surface area contributed by atoms with Gasteiger partial charge in [-0.2, -0.15) is 0 Å². The molecule has 1 saturated heterocycles. The normalized spacial score (nSPS) is 24.6. The number of rotatable bonds is 4. The predicted molar refractivity (Wildman–Crippen MR) is 74.4 cm³/mol. The number of ether oxygens (including phenoxy) is 1. The van der Waals surface area contributed by atoms with Gasteiger partial charge in [-0.3, -0.25) is 4.90 Å². The van der Waals surface area contributed by atoms with E-state index in [0.29, 0.717) is 12.6 Å². The van der Waals surface area contributed by atoms with E-state index >= 15 is 0 Å². The highest BCUT2D eigenvalue weighted by Gasteiger charge is 2.24. The van der Waals surface area contributed by atoms with Crippen LogP contribution in [0.3, 0.4) is 0 Å². The number of halogens is 1. The maximum atomic E-state index is 13.9. The van der Waals surface area contributed by atoms with Gasteiger partial charge < -0.3 is 10.1 Å². The van der Waals surface area contributed by atoms with Gasteiger partial charge in [0.15, 0.2) is 0 Å². The van der Waals surface area contributed by atoms with Gasteiger partial charge in [0.25, 0.3) is 0 Å². The molecule has 4 heteroatoms. The highest BCUT2D eigenvalue weighted by atomic mass is 19.1. The van der Waals surface area contributed by atoms with Gasteiger partial charge in [-0.1, -0.05) is 12.1 Å². The summed E-state index contributed by atoms with van der Waals surface area (Å²) in [6.45, 7) is 7.18. The SMILES string of the molecule is CNCc1ccc(F)c(CN2CC(C)OCC2C)c1. The Morgan fingerprint density at radius 2 is 2.21 bits per heavy atom. The molecule has 2 atom stereocenters. The topological polar surface area (TPSA) is 24.5 Å². The average molecular weight is 266 g/mol. The van der Waals surface area contributed by atoms with E-state index in [1.165, 1.54) is 0 Å². The van der Waals surface area contributed by atoms with Gasteiger partial charge in [-0.05, 0) is 32.5 Å². The summed E-state index contributed by atoms with van der Waals surface area (Å²) in [6, 6.07) is 5.69. The number of hydrogen-bond donors (Lipinski definition) is 1. The van der Waals surface area contributed by atoms with Crippen LogP contribution >= 0.6 is 0 Å². The smallest absolute Gasteiger partial charge is 0.127 e. The van der Waals surface area contributed by atoms with E-state index in [0.717, 1.165) is 30.8 Å². The molecule has 0 spiro atoms. The van der Waals surface area contributed by atoms with E-state index in [1.807, 2.05) is 19.2 Å². The lowest BCUT2D eigenvalue weighted by Crippen LogP contribution is -2.46. The first-order valence-corrected chi connectivity index (χ1v) is 6.87. The van der Waals surface area contributed by atoms with Crippen LogP contribution in [-0.4, -0.2) is 37.2 Å². The maximum Gasteiger partial charge on any atom is 0.127 e. The van der Waals surface area contributed by atoms with E-state index in [4.69, 9.17) is 4.74 Å². The lowest BCUT2D eigenvalue weighted by molar-refractivity contribution is -0.0529. The second-order valence-electron chi connectivity index (χ2n) is 5.38. The number of hydrogen-bond acceptors (Lipinski definition) is 3. The molecule has 0 bridgehead atoms. The van der Waals surface area contributed by atoms with Crippen molar-refractivity contribution in [2.75, 3.05) is 20.2 Å². The molecule has 1 aliphatic heterocycles. The third kappa shape index (κ3) is 3.75. The minimum Gasteiger partial charge on any atom is -0.376 e. The van der Waals surface area contributed by atoms with E-state index in [1.54, 1.807) is 6.07 Å². The molecule has 1 aliphatic rings. The fraction of sp³-hybridized carbons (Fsp3) is 0.600. The lowest BCUT2D eigenvalue weighted by atomic mass is 10.1. The van der Waals surface area contributed by atoms with Crippen LogP contribution in [0.2, 0.25) is 0 Å². The molecular formula is C15H23FN2O. The van der Waals surface area contributed by atoms with E-state index < -0.39 is 0 Å². The Bertz CT molecular complexity index is 425. The van der Waals surface area contributed by atoms with Crippen LogP contribution in [0.1, 0.15) is 25.0 Å². The van der Waals surface area contributed by atoms with Crippen molar-refractivity contribution in [2.45, 2.75) is 39.1 Å². The predicted octanol–water partition coefficient (Wildman–Crippen LogP) is 2.15. The molecule has 1 heterocycles. The van der Waals surface area contributed by atoms with Gasteiger partial charge >= 0.3 is 0 Å². The highest BCUT2D eigenvalue weighted by Crippen LogP contribution is 2.18. The molecule has 2 unspecified atom stereocenters. The summed E-state index contributed by atoms with van der Waals surface area (Å²) < 4.78 is 19.5. The molecule has 0 saturated carbocycles. The lowest BCUT2D eigenvalue weighted by Gasteiger charge is -2.36. The Balaban J connectivity index is 2.10. The van der Waals surface area contributed by atoms with Crippen molar-refractivity contribution >= 4 is 0 Å². The molecule has 3 nitrogen and oxygen atoms in total. The van der Waals surface area contributed by atoms with Gasteiger partial charge in [0, 0.05) is 31.2 Å². The maximum absolute atomic E-state index is 13.9. The minimum absolute atomic E-state index is 0.119. The quantitative estimate of drug-likeness (QED) is 0.904. The standard InChI is InChI=1S/C15H23FN2O/c1-11-10-19-12(2)8-18(11)9-14-6-13(7-17-3)4-5-15(14)16/h4-6,11-12,17H,7-10H2,1-3H3. The summed E-state index contributed by atoms with van der Waals surface area (Å²) in [6.07, 6.45) is 0.222. The molecule has 0 aromatic heterocycles. The zero-order chi connectivity index (χ0) is 13.8. The second kappa shape index (κ2) is 6.46. The molecule has 19 heavy (non-hydrogen) atoms. The molecule has 0 amide bonds. The Labute approximate surface area is 114 Å². The zero-order valence-electron chi connectivity index (χ0n) is 11.9. The monoisotopic (exact) mass is 266 g/mol. The van der Waals surface area contributed by atoms with Crippen molar-refractivity contribution < 1.29 is 9.13 Å². The summed E-state index contributed by atoms with van der Waals surface area (Å²) in [7, 11) is 1.90. The Kier molecular flexibility index (Phi) is 4.91. The number of morpholine rings is 1. The minimum atomic E-state index is -0.119. The first-order valence-electron chi connectivity index (χ1n) is 6.87. The fourth-order valence-corrected chi connectivity index (χ4v) is 2.47. The fourth-order valence-electron chi connectivity index (χ4n) is 2.47. The van der Waals surface area contributed by atoms with Gasteiger partial charge in [0.1, 0.15) is 5.82 Å². The van der Waals surface area contributed by atoms with Crippen LogP contribution in [0.4, 0.5) is 4.39 Å². The first kappa shape index (κ1) is 14.4. The number of nitrogens with one attached hydrogen (secondary N) is 1. The number of nitrogens with zero attached hydrogens (tertiary/aromatic N) is 1. The van der Waals surface area contributed by atoms with E-state index in [2.05, 4.69) is 24.1 Å². The summed E-state index contributed by atoms with van der Waals surface area (Å²) in [5.41, 5.74) is 1.89. The van der Waals surface area contributed by atoms with E-state index in [9.17, 15) is 4.39 Å². The summed E-state index contributed by atoms with van der Waals surface area (Å²) in [4.78, 5) is 2.29. The van der Waals surface area contributed by atoms with Crippen LogP contribution < -0.4 is 5.32 Å². The summed E-state index contributed by atoms with van der Waals surface area (Å²) in [5, 5.41) is 3.09. The van der Waals surface area contributed by atoms with Crippen molar-refractivity contribution in [1.82, 2.24) is 10.2 Å². The van der Waals surface area contributed by atoms with E-state index in [-0.39, 0.29) is 11.9 Å². The van der Waals surface area contributed by atoms with Crippen molar-refractivity contribution in [3.8, 4) is 0 Å². The second-order valence-corrected chi connectivity index (χ2v) is 5.38. The van der Waals surface area contributed by atoms with Gasteiger partial charge in [-0.25, -0.2) is 4.39 Å². The first-order chi connectivity index (χ1) is 9.10. The highest BCUT2D eigenvalue weighted by molar-refractivity contribution is 5.25. The van der Waals surface area contributed by atoms with Gasteiger partial charge in [-0.15, -0.1) is 0 Å². The van der Waals surface area contributed by atoms with Crippen LogP contribution in [0, 0.1) is 5.82 Å². The van der Waals surface area contributed by atoms with Gasteiger partial charge in [0.2, 0.25) is 0 Å². The number of benzene rings is 1. The van der Waals surface area contributed by atoms with Crippen LogP contribution in [0.5, 0.6) is 0 Å². The molecule has 1 aromatic rings. The molecule has 1 aromatic carbocycles. The molecule has 0 radical (unpaired) electrons. The van der Waals surface area contributed by atoms with Crippen molar-refractivity contribution in [3.05, 3.63) is 35.1 Å². The van der Waals surface area contributed by atoms with Crippen LogP contribution in [0.15, 0.2) is 18.2 Å². The van der Waals surface area contributed by atoms with Gasteiger partial charge in [0.05, 0.1) is 12.7 Å². The molecule has 1 fully saturated rings. The van der Waals surface area contributed by atoms with Crippen molar-refractivity contribution in [3.63, 3.8) is 0 Å². The molecule has 1 N–H and O–H groups in total. The molecule has 106 valence electrons. The summed E-state index contributed by atoms with van der Waals surface area (Å²) >= 11 is 0. The summed E-state index contributed by atoms with van der Waals surface area (Å²) in [5.74, 6) is -0.119. The zero-order valence-corrected chi connectivity index (χ0v) is 11.9. The molecular weight excluding hydrogens is 243 g/mol. The average Bonchev–Trinajstić information content (AvgIpc) is 2.38. The third-order valence-corrected chi connectivity index (χ3v) is 3.60. The Morgan fingerprint density at radius 3 is 2.95 bits per heavy atom. The van der Waals surface area contributed by atoms with Crippen molar-refractivity contribution in [2.24, 2.45) is 0 Å². The largest absolute Gasteiger partial charge is 0.376 e.